The SMILES string of the molecule is CC/C=C/C/C=C/C/C=C/CCCCCCCC(=O)OC[C@H](COP(=O)(O)OCC[N+](C)(C)C)OC(=O)CCCCCCCCCCC/C=C/CCCCCCCC. The number of rotatable bonds is 42. The molecule has 0 aliphatic carbocycles. The Morgan fingerprint density at radius 3 is 1.48 bits per heavy atom. The summed E-state index contributed by atoms with van der Waals surface area (Å²) in [6, 6.07) is 0. The summed E-state index contributed by atoms with van der Waals surface area (Å²) in [5, 5.41) is 0. The van der Waals surface area contributed by atoms with Crippen LogP contribution in [0.25, 0.3) is 0 Å². The molecule has 0 amide bonds. The van der Waals surface area contributed by atoms with Gasteiger partial charge in [0.2, 0.25) is 0 Å². The lowest BCUT2D eigenvalue weighted by Gasteiger charge is -2.24. The number of nitrogens with zero attached hydrogens (tertiary/aromatic N) is 1. The van der Waals surface area contributed by atoms with Gasteiger partial charge >= 0.3 is 19.8 Å². The molecule has 0 aromatic carbocycles. The summed E-state index contributed by atoms with van der Waals surface area (Å²) in [5.41, 5.74) is 0. The van der Waals surface area contributed by atoms with Gasteiger partial charge in [-0.2, -0.15) is 0 Å². The van der Waals surface area contributed by atoms with Crippen molar-refractivity contribution in [2.45, 2.75) is 200 Å². The number of likely N-dealkylation sites (N-methyl/N-ethyl adjacent to an activating group) is 1. The largest absolute Gasteiger partial charge is 0.472 e. The molecule has 0 spiro atoms. The monoisotopic (exact) mass is 839 g/mol. The van der Waals surface area contributed by atoms with Crippen molar-refractivity contribution >= 4 is 19.8 Å². The van der Waals surface area contributed by atoms with Gasteiger partial charge in [-0.15, -0.1) is 0 Å². The lowest BCUT2D eigenvalue weighted by Crippen LogP contribution is -2.37. The van der Waals surface area contributed by atoms with Crippen molar-refractivity contribution < 1.29 is 42.1 Å². The zero-order chi connectivity index (χ0) is 42.8. The number of phosphoric acid groups is 1. The molecule has 2 atom stereocenters. The van der Waals surface area contributed by atoms with E-state index in [1.165, 1.54) is 83.5 Å². The number of carbonyl (C=O) groups excluding carboxylic acids is 2. The van der Waals surface area contributed by atoms with Crippen LogP contribution in [0, 0.1) is 0 Å². The minimum Gasteiger partial charge on any atom is -0.462 e. The number of hydrogen-bond acceptors (Lipinski definition) is 7. The average molecular weight is 839 g/mol. The minimum absolute atomic E-state index is 0.0272. The molecule has 338 valence electrons. The molecule has 9 nitrogen and oxygen atoms in total. The summed E-state index contributed by atoms with van der Waals surface area (Å²) in [7, 11) is 1.46. The Balaban J connectivity index is 4.33. The predicted octanol–water partition coefficient (Wildman–Crippen LogP) is 13.5. The Hall–Kier alpha value is -2.03. The standard InChI is InChI=1S/C48H88NO8P/c1-6-8-10-12-14-16-18-20-22-23-24-25-27-29-31-33-35-37-39-41-48(51)57-46(45-56-58(52,53)55-43-42-49(3,4)5)44-54-47(50)40-38-36-34-32-30-28-26-21-19-17-15-13-11-9-7-2/h9,11,15,17,20-22,26,46H,6-8,10,12-14,16,18-19,23-25,27-45H2,1-5H3/p+1/b11-9+,17-15+,22-20+,26-21+/t46-/m1/s1. The van der Waals surface area contributed by atoms with Gasteiger partial charge < -0.3 is 18.9 Å². The summed E-state index contributed by atoms with van der Waals surface area (Å²) in [5.74, 6) is -0.820. The van der Waals surface area contributed by atoms with Crippen molar-refractivity contribution in [3.63, 3.8) is 0 Å². The summed E-state index contributed by atoms with van der Waals surface area (Å²) in [4.78, 5) is 35.4. The summed E-state index contributed by atoms with van der Waals surface area (Å²) < 4.78 is 34.3. The highest BCUT2D eigenvalue weighted by molar-refractivity contribution is 7.47. The third-order valence-electron chi connectivity index (χ3n) is 9.84. The van der Waals surface area contributed by atoms with Gasteiger partial charge in [-0.1, -0.05) is 159 Å². The molecule has 0 saturated heterocycles. The van der Waals surface area contributed by atoms with E-state index in [1.54, 1.807) is 0 Å². The topological polar surface area (TPSA) is 108 Å². The van der Waals surface area contributed by atoms with Gasteiger partial charge in [-0.3, -0.25) is 18.6 Å². The molecule has 0 aliphatic heterocycles. The van der Waals surface area contributed by atoms with Crippen LogP contribution >= 0.6 is 7.82 Å². The van der Waals surface area contributed by atoms with Crippen molar-refractivity contribution in [3.8, 4) is 0 Å². The quantitative estimate of drug-likeness (QED) is 0.0213. The Morgan fingerprint density at radius 2 is 0.983 bits per heavy atom. The van der Waals surface area contributed by atoms with Gasteiger partial charge in [0.15, 0.2) is 6.10 Å². The van der Waals surface area contributed by atoms with Crippen molar-refractivity contribution in [1.82, 2.24) is 0 Å². The molecular formula is C48H89NO8P+. The molecule has 0 radical (unpaired) electrons. The van der Waals surface area contributed by atoms with Crippen LogP contribution in [0.1, 0.15) is 194 Å². The van der Waals surface area contributed by atoms with E-state index in [0.29, 0.717) is 17.4 Å². The number of hydrogen-bond donors (Lipinski definition) is 1. The fraction of sp³-hybridized carbons (Fsp3) is 0.792. The van der Waals surface area contributed by atoms with Crippen LogP contribution in [-0.2, 0) is 32.7 Å². The number of unbranched alkanes of at least 4 members (excludes halogenated alkanes) is 20. The van der Waals surface area contributed by atoms with Gasteiger partial charge in [0.1, 0.15) is 19.8 Å². The Bertz CT molecular complexity index is 1130. The number of carbonyl (C=O) groups is 2. The third kappa shape index (κ3) is 43.5. The zero-order valence-electron chi connectivity index (χ0n) is 38.0. The molecule has 10 heteroatoms. The average Bonchev–Trinajstić information content (AvgIpc) is 3.17. The summed E-state index contributed by atoms with van der Waals surface area (Å²) in [6.07, 6.45) is 47.3. The normalized spacial score (nSPS) is 14.0. The molecule has 0 bridgehead atoms. The van der Waals surface area contributed by atoms with E-state index in [2.05, 4.69) is 62.5 Å². The van der Waals surface area contributed by atoms with Gasteiger partial charge in [0.05, 0.1) is 27.7 Å². The maximum Gasteiger partial charge on any atom is 0.472 e. The van der Waals surface area contributed by atoms with Crippen LogP contribution in [-0.4, -0.2) is 74.9 Å². The van der Waals surface area contributed by atoms with Crippen LogP contribution in [0.5, 0.6) is 0 Å². The second-order valence-electron chi connectivity index (χ2n) is 16.8. The number of phosphoric ester groups is 1. The first-order valence-corrected chi connectivity index (χ1v) is 24.9. The molecule has 0 aromatic heterocycles. The lowest BCUT2D eigenvalue weighted by atomic mass is 10.1. The van der Waals surface area contributed by atoms with E-state index in [9.17, 15) is 19.0 Å². The first kappa shape index (κ1) is 56.0. The van der Waals surface area contributed by atoms with E-state index in [4.69, 9.17) is 18.5 Å². The fourth-order valence-corrected chi connectivity index (χ4v) is 6.94. The smallest absolute Gasteiger partial charge is 0.462 e. The van der Waals surface area contributed by atoms with Crippen LogP contribution in [0.4, 0.5) is 0 Å². The summed E-state index contributed by atoms with van der Waals surface area (Å²) >= 11 is 0. The van der Waals surface area contributed by atoms with Crippen LogP contribution in [0.2, 0.25) is 0 Å². The molecular weight excluding hydrogens is 750 g/mol. The van der Waals surface area contributed by atoms with E-state index in [0.717, 1.165) is 77.0 Å². The molecule has 58 heavy (non-hydrogen) atoms. The molecule has 1 N–H and O–H groups in total. The molecule has 1 unspecified atom stereocenters. The summed E-state index contributed by atoms with van der Waals surface area (Å²) in [6.45, 7) is 4.29. The van der Waals surface area contributed by atoms with Gasteiger partial charge in [-0.25, -0.2) is 4.57 Å². The minimum atomic E-state index is -4.38. The highest BCUT2D eigenvalue weighted by Crippen LogP contribution is 2.43. The van der Waals surface area contributed by atoms with Gasteiger partial charge in [-0.05, 0) is 70.6 Å². The van der Waals surface area contributed by atoms with E-state index < -0.39 is 26.5 Å². The maximum absolute atomic E-state index is 12.7. The van der Waals surface area contributed by atoms with Crippen LogP contribution in [0.3, 0.4) is 0 Å². The number of quaternary nitrogens is 1. The molecule has 0 rings (SSSR count). The Kier molecular flexibility index (Phi) is 39.0. The van der Waals surface area contributed by atoms with Crippen molar-refractivity contribution in [3.05, 3.63) is 48.6 Å². The zero-order valence-corrected chi connectivity index (χ0v) is 38.9. The van der Waals surface area contributed by atoms with Crippen molar-refractivity contribution in [2.24, 2.45) is 0 Å². The third-order valence-corrected chi connectivity index (χ3v) is 10.8. The first-order valence-electron chi connectivity index (χ1n) is 23.4. The van der Waals surface area contributed by atoms with Gasteiger partial charge in [0, 0.05) is 12.8 Å². The number of ether oxygens (including phenoxy) is 2. The van der Waals surface area contributed by atoms with Crippen molar-refractivity contribution in [2.75, 3.05) is 47.5 Å². The van der Waals surface area contributed by atoms with Gasteiger partial charge in [0.25, 0.3) is 0 Å². The second-order valence-corrected chi connectivity index (χ2v) is 18.2. The first-order chi connectivity index (χ1) is 28.0. The highest BCUT2D eigenvalue weighted by Gasteiger charge is 2.27. The number of esters is 2. The fourth-order valence-electron chi connectivity index (χ4n) is 6.20. The molecule has 0 aliphatic rings. The molecule has 0 aromatic rings. The van der Waals surface area contributed by atoms with Crippen molar-refractivity contribution in [1.29, 1.82) is 0 Å². The van der Waals surface area contributed by atoms with Crippen LogP contribution < -0.4 is 0 Å². The predicted molar refractivity (Wildman–Crippen MR) is 243 cm³/mol. The Morgan fingerprint density at radius 1 is 0.552 bits per heavy atom. The number of allylic oxidation sites excluding steroid dienone is 8. The van der Waals surface area contributed by atoms with E-state index in [1.807, 2.05) is 21.1 Å². The maximum atomic E-state index is 12.7. The Labute approximate surface area is 356 Å². The second kappa shape index (κ2) is 40.4. The molecule has 0 heterocycles. The van der Waals surface area contributed by atoms with E-state index >= 15 is 0 Å². The molecule has 0 saturated carbocycles. The lowest BCUT2D eigenvalue weighted by molar-refractivity contribution is -0.870. The van der Waals surface area contributed by atoms with E-state index in [-0.39, 0.29) is 32.0 Å². The molecule has 0 fully saturated rings. The highest BCUT2D eigenvalue weighted by atomic mass is 31.2. The van der Waals surface area contributed by atoms with Crippen LogP contribution in [0.15, 0.2) is 48.6 Å².